The second kappa shape index (κ2) is 6.85. The van der Waals surface area contributed by atoms with E-state index in [9.17, 15) is 4.79 Å². The molecule has 0 radical (unpaired) electrons. The molecule has 2 heterocycles. The minimum atomic E-state index is -0.174. The monoisotopic (exact) mass is 313 g/mol. The van der Waals surface area contributed by atoms with E-state index in [0.717, 1.165) is 15.1 Å². The van der Waals surface area contributed by atoms with E-state index in [1.54, 1.807) is 18.3 Å². The van der Waals surface area contributed by atoms with Gasteiger partial charge in [-0.3, -0.25) is 4.79 Å². The molecule has 0 spiro atoms. The first-order chi connectivity index (χ1) is 9.60. The van der Waals surface area contributed by atoms with E-state index < -0.39 is 0 Å². The summed E-state index contributed by atoms with van der Waals surface area (Å²) in [5, 5.41) is 4.40. The van der Waals surface area contributed by atoms with Crippen molar-refractivity contribution in [2.75, 3.05) is 18.5 Å². The number of anilines is 1. The smallest absolute Gasteiger partial charge is 0.305 e. The maximum atomic E-state index is 11.2. The van der Waals surface area contributed by atoms with Crippen molar-refractivity contribution in [3.8, 4) is 0 Å². The van der Waals surface area contributed by atoms with Gasteiger partial charge in [0.15, 0.2) is 0 Å². The van der Waals surface area contributed by atoms with Crippen LogP contribution in [-0.4, -0.2) is 29.1 Å². The van der Waals surface area contributed by atoms with Gasteiger partial charge in [0.1, 0.15) is 10.6 Å². The fraction of sp³-hybridized carbons (Fsp3) is 0.462. The minimum absolute atomic E-state index is 0.174. The van der Waals surface area contributed by atoms with E-state index in [0.29, 0.717) is 31.8 Å². The Kier molecular flexibility index (Phi) is 5.14. The van der Waals surface area contributed by atoms with Crippen LogP contribution in [0.3, 0.4) is 0 Å². The van der Waals surface area contributed by atoms with Crippen LogP contribution in [0, 0.1) is 6.92 Å². The average Bonchev–Trinajstić information content (AvgIpc) is 2.75. The van der Waals surface area contributed by atoms with Gasteiger partial charge < -0.3 is 10.1 Å². The first-order valence-corrected chi connectivity index (χ1v) is 7.62. The Bertz CT molecular complexity index is 615. The molecular weight excluding hydrogens is 298 g/mol. The third-order valence-electron chi connectivity index (χ3n) is 2.64. The molecule has 0 unspecified atom stereocenters. The molecule has 0 aromatic carbocycles. The highest BCUT2D eigenvalue weighted by atomic mass is 35.5. The molecular formula is C13H16ClN3O2S. The number of aromatic nitrogens is 2. The average molecular weight is 314 g/mol. The van der Waals surface area contributed by atoms with Crippen LogP contribution in [0.4, 0.5) is 5.82 Å². The molecule has 0 aliphatic carbocycles. The number of fused-ring (bicyclic) bond motifs is 1. The molecule has 20 heavy (non-hydrogen) atoms. The number of hydrogen-bond acceptors (Lipinski definition) is 6. The fourth-order valence-electron chi connectivity index (χ4n) is 1.82. The summed E-state index contributed by atoms with van der Waals surface area (Å²) in [4.78, 5) is 21.7. The number of nitrogens with zero attached hydrogens (tertiary/aromatic N) is 2. The lowest BCUT2D eigenvalue weighted by atomic mass is 10.3. The predicted molar refractivity (Wildman–Crippen MR) is 81.5 cm³/mol. The SMILES string of the molecule is CCOC(=O)CCCNc1nc(Cl)nc2sc(C)cc12. The molecule has 0 fully saturated rings. The van der Waals surface area contributed by atoms with Crippen LogP contribution in [-0.2, 0) is 9.53 Å². The predicted octanol–water partition coefficient (Wildman–Crippen LogP) is 3.41. The van der Waals surface area contributed by atoms with Gasteiger partial charge in [-0.1, -0.05) is 0 Å². The molecule has 0 saturated carbocycles. The molecule has 0 aliphatic rings. The molecule has 0 saturated heterocycles. The second-order valence-electron chi connectivity index (χ2n) is 4.25. The molecule has 0 amide bonds. The van der Waals surface area contributed by atoms with Crippen LogP contribution in [0.1, 0.15) is 24.6 Å². The van der Waals surface area contributed by atoms with E-state index in [2.05, 4.69) is 15.3 Å². The van der Waals surface area contributed by atoms with Gasteiger partial charge in [-0.25, -0.2) is 9.97 Å². The van der Waals surface area contributed by atoms with Crippen LogP contribution < -0.4 is 5.32 Å². The van der Waals surface area contributed by atoms with Crippen LogP contribution in [0.5, 0.6) is 0 Å². The lowest BCUT2D eigenvalue weighted by molar-refractivity contribution is -0.143. The summed E-state index contributed by atoms with van der Waals surface area (Å²) in [6.45, 7) is 4.87. The van der Waals surface area contributed by atoms with Gasteiger partial charge in [0.25, 0.3) is 0 Å². The van der Waals surface area contributed by atoms with E-state index in [4.69, 9.17) is 16.3 Å². The summed E-state index contributed by atoms with van der Waals surface area (Å²) >= 11 is 7.49. The largest absolute Gasteiger partial charge is 0.466 e. The van der Waals surface area contributed by atoms with E-state index >= 15 is 0 Å². The number of ether oxygens (including phenoxy) is 1. The summed E-state index contributed by atoms with van der Waals surface area (Å²) in [6.07, 6.45) is 1.08. The van der Waals surface area contributed by atoms with Gasteiger partial charge in [-0.05, 0) is 37.9 Å². The highest BCUT2D eigenvalue weighted by Gasteiger charge is 2.09. The third-order valence-corrected chi connectivity index (χ3v) is 3.76. The molecule has 7 heteroatoms. The summed E-state index contributed by atoms with van der Waals surface area (Å²) in [7, 11) is 0. The number of thiophene rings is 1. The van der Waals surface area contributed by atoms with Crippen LogP contribution in [0.25, 0.3) is 10.2 Å². The molecule has 0 atom stereocenters. The van der Waals surface area contributed by atoms with Crippen molar-refractivity contribution in [3.05, 3.63) is 16.2 Å². The fourth-order valence-corrected chi connectivity index (χ4v) is 2.92. The zero-order valence-corrected chi connectivity index (χ0v) is 13.0. The van der Waals surface area contributed by atoms with E-state index in [-0.39, 0.29) is 11.3 Å². The summed E-state index contributed by atoms with van der Waals surface area (Å²) in [6, 6.07) is 2.03. The van der Waals surface area contributed by atoms with Crippen LogP contribution >= 0.6 is 22.9 Å². The Morgan fingerprint density at radius 3 is 3.05 bits per heavy atom. The number of esters is 1. The molecule has 2 aromatic rings. The van der Waals surface area contributed by atoms with Crippen molar-refractivity contribution in [2.45, 2.75) is 26.7 Å². The number of halogens is 1. The molecule has 5 nitrogen and oxygen atoms in total. The van der Waals surface area contributed by atoms with Gasteiger partial charge in [0.05, 0.1) is 12.0 Å². The number of carbonyl (C=O) groups is 1. The van der Waals surface area contributed by atoms with Crippen molar-refractivity contribution in [1.82, 2.24) is 9.97 Å². The zero-order valence-electron chi connectivity index (χ0n) is 11.4. The zero-order chi connectivity index (χ0) is 14.5. The summed E-state index contributed by atoms with van der Waals surface area (Å²) in [5.74, 6) is 0.541. The van der Waals surface area contributed by atoms with Crippen LogP contribution in [0.2, 0.25) is 5.28 Å². The quantitative estimate of drug-likeness (QED) is 0.503. The normalized spacial score (nSPS) is 10.8. The highest BCUT2D eigenvalue weighted by molar-refractivity contribution is 7.18. The molecule has 108 valence electrons. The van der Waals surface area contributed by atoms with Gasteiger partial charge in [-0.15, -0.1) is 11.3 Å². The topological polar surface area (TPSA) is 64.1 Å². The van der Waals surface area contributed by atoms with Crippen molar-refractivity contribution in [1.29, 1.82) is 0 Å². The lowest BCUT2D eigenvalue weighted by Gasteiger charge is -2.06. The Hall–Kier alpha value is -1.40. The van der Waals surface area contributed by atoms with Crippen molar-refractivity contribution in [2.24, 2.45) is 0 Å². The van der Waals surface area contributed by atoms with Gasteiger partial charge in [0.2, 0.25) is 5.28 Å². The van der Waals surface area contributed by atoms with Crippen molar-refractivity contribution in [3.63, 3.8) is 0 Å². The molecule has 2 rings (SSSR count). The lowest BCUT2D eigenvalue weighted by Crippen LogP contribution is -2.09. The maximum absolute atomic E-state index is 11.2. The molecule has 0 aliphatic heterocycles. The van der Waals surface area contributed by atoms with Gasteiger partial charge in [0, 0.05) is 17.8 Å². The Morgan fingerprint density at radius 2 is 2.30 bits per heavy atom. The maximum Gasteiger partial charge on any atom is 0.305 e. The minimum Gasteiger partial charge on any atom is -0.466 e. The second-order valence-corrected chi connectivity index (χ2v) is 5.83. The number of nitrogens with one attached hydrogen (secondary N) is 1. The number of carbonyl (C=O) groups excluding carboxylic acids is 1. The first kappa shape index (κ1) is 15.0. The number of hydrogen-bond donors (Lipinski definition) is 1. The van der Waals surface area contributed by atoms with E-state index in [1.807, 2.05) is 13.0 Å². The number of rotatable bonds is 6. The standard InChI is InChI=1S/C13H16ClN3O2S/c1-3-19-10(18)5-4-6-15-11-9-7-8(2)20-12(9)17-13(14)16-11/h7H,3-6H2,1-2H3,(H,15,16,17). The first-order valence-electron chi connectivity index (χ1n) is 6.43. The Balaban J connectivity index is 1.97. The Labute approximate surface area is 126 Å². The molecule has 1 N–H and O–H groups in total. The van der Waals surface area contributed by atoms with Crippen LogP contribution in [0.15, 0.2) is 6.07 Å². The van der Waals surface area contributed by atoms with E-state index in [1.165, 1.54) is 0 Å². The van der Waals surface area contributed by atoms with Gasteiger partial charge >= 0.3 is 5.97 Å². The highest BCUT2D eigenvalue weighted by Crippen LogP contribution is 2.29. The third kappa shape index (κ3) is 3.80. The summed E-state index contributed by atoms with van der Waals surface area (Å²) in [5.41, 5.74) is 0. The molecule has 0 bridgehead atoms. The summed E-state index contributed by atoms with van der Waals surface area (Å²) < 4.78 is 4.88. The number of aryl methyl sites for hydroxylation is 1. The molecule has 2 aromatic heterocycles. The van der Waals surface area contributed by atoms with Crippen molar-refractivity contribution >= 4 is 44.9 Å². The Morgan fingerprint density at radius 1 is 1.50 bits per heavy atom. The van der Waals surface area contributed by atoms with Crippen molar-refractivity contribution < 1.29 is 9.53 Å². The van der Waals surface area contributed by atoms with Gasteiger partial charge in [-0.2, -0.15) is 0 Å².